The molecule has 0 aliphatic carbocycles. The lowest BCUT2D eigenvalue weighted by atomic mass is 10.2. The fourth-order valence-corrected chi connectivity index (χ4v) is 0.613. The summed E-state index contributed by atoms with van der Waals surface area (Å²) >= 11 is 0. The summed E-state index contributed by atoms with van der Waals surface area (Å²) in [6.07, 6.45) is 0.866. The normalized spacial score (nSPS) is 10.7. The van der Waals surface area contributed by atoms with Crippen molar-refractivity contribution in [3.05, 3.63) is 35.4 Å². The minimum Gasteiger partial charge on any atom is -0.411 e. The van der Waals surface area contributed by atoms with Crippen LogP contribution in [0.2, 0.25) is 0 Å². The van der Waals surface area contributed by atoms with E-state index in [-0.39, 0.29) is 5.56 Å². The molecule has 0 amide bonds. The highest BCUT2D eigenvalue weighted by molar-refractivity contribution is 5.79. The van der Waals surface area contributed by atoms with Gasteiger partial charge >= 0.3 is 0 Å². The molecule has 0 atom stereocenters. The second kappa shape index (κ2) is 3.09. The van der Waals surface area contributed by atoms with Crippen molar-refractivity contribution in [3.8, 4) is 0 Å². The van der Waals surface area contributed by atoms with E-state index >= 15 is 0 Å². The minimum absolute atomic E-state index is 0.00565. The average molecular weight is 156 g/mol. The Morgan fingerprint density at radius 2 is 2.27 bits per heavy atom. The van der Waals surface area contributed by atoms with E-state index in [1.165, 1.54) is 0 Å². The van der Waals surface area contributed by atoms with Crippen molar-refractivity contribution in [1.29, 1.82) is 0 Å². The zero-order chi connectivity index (χ0) is 8.27. The average Bonchev–Trinajstić information content (AvgIpc) is 1.95. The molecule has 57 valence electrons. The lowest BCUT2D eigenvalue weighted by molar-refractivity contribution is 0.321. The van der Waals surface area contributed by atoms with E-state index in [1.54, 1.807) is 0 Å². The molecule has 1 rings (SSSR count). The van der Waals surface area contributed by atoms with Gasteiger partial charge in [-0.1, -0.05) is 5.16 Å². The van der Waals surface area contributed by atoms with Crippen LogP contribution in [-0.2, 0) is 0 Å². The first-order valence-corrected chi connectivity index (χ1v) is 2.78. The Hall–Kier alpha value is -1.45. The highest BCUT2D eigenvalue weighted by Gasteiger charge is 2.00. The van der Waals surface area contributed by atoms with Crippen molar-refractivity contribution >= 4 is 6.21 Å². The third-order valence-electron chi connectivity index (χ3n) is 1.09. The Bertz CT molecular complexity index is 286. The van der Waals surface area contributed by atoms with Crippen molar-refractivity contribution in [2.45, 2.75) is 0 Å². The van der Waals surface area contributed by atoms with Crippen molar-refractivity contribution in [1.82, 2.24) is 0 Å². The Kier molecular flexibility index (Phi) is 2.15. The third kappa shape index (κ3) is 1.73. The van der Waals surface area contributed by atoms with Gasteiger partial charge < -0.3 is 5.21 Å². The second-order valence-corrected chi connectivity index (χ2v) is 1.83. The molecule has 0 aromatic heterocycles. The summed E-state index contributed by atoms with van der Waals surface area (Å²) in [6, 6.07) is 3.84. The maximum absolute atomic E-state index is 12.6. The Labute approximate surface area is 61.8 Å². The van der Waals surface area contributed by atoms with Gasteiger partial charge in [0.15, 0.2) is 0 Å². The van der Waals surface area contributed by atoms with E-state index in [1.807, 2.05) is 0 Å². The van der Waals surface area contributed by atoms with Crippen LogP contribution in [0.15, 0.2) is 17.3 Å². The highest BCUT2D eigenvalue weighted by atomic mass is 19.1. The maximum atomic E-state index is 12.6. The summed E-state index contributed by atoms with van der Waals surface area (Å²) in [5.41, 5.74) is -0.00565. The summed E-state index contributed by atoms with van der Waals surface area (Å²) in [5.74, 6) is -1.56. The predicted molar refractivity (Wildman–Crippen MR) is 34.6 cm³/mol. The van der Waals surface area contributed by atoms with Gasteiger partial charge in [-0.05, 0) is 6.07 Å². The zero-order valence-electron chi connectivity index (χ0n) is 5.38. The molecule has 1 radical (unpaired) electrons. The largest absolute Gasteiger partial charge is 0.411 e. The molecular weight excluding hydrogens is 152 g/mol. The lowest BCUT2D eigenvalue weighted by Crippen LogP contribution is -1.89. The molecule has 1 aromatic carbocycles. The number of oxime groups is 1. The molecule has 0 fully saturated rings. The molecule has 2 nitrogen and oxygen atoms in total. The Morgan fingerprint density at radius 3 is 2.82 bits per heavy atom. The van der Waals surface area contributed by atoms with Crippen LogP contribution in [0, 0.1) is 17.7 Å². The van der Waals surface area contributed by atoms with Gasteiger partial charge in [0.25, 0.3) is 0 Å². The van der Waals surface area contributed by atoms with E-state index in [0.717, 1.165) is 12.3 Å². The van der Waals surface area contributed by atoms with E-state index in [0.29, 0.717) is 6.07 Å². The van der Waals surface area contributed by atoms with Gasteiger partial charge in [0.2, 0.25) is 0 Å². The third-order valence-corrected chi connectivity index (χ3v) is 1.09. The van der Waals surface area contributed by atoms with Gasteiger partial charge in [0.05, 0.1) is 6.21 Å². The van der Waals surface area contributed by atoms with E-state index in [4.69, 9.17) is 5.21 Å². The van der Waals surface area contributed by atoms with E-state index < -0.39 is 11.6 Å². The van der Waals surface area contributed by atoms with Crippen LogP contribution in [0.5, 0.6) is 0 Å². The fourth-order valence-electron chi connectivity index (χ4n) is 0.613. The quantitative estimate of drug-likeness (QED) is 0.373. The monoisotopic (exact) mass is 156 g/mol. The summed E-state index contributed by atoms with van der Waals surface area (Å²) < 4.78 is 24.8. The summed E-state index contributed by atoms with van der Waals surface area (Å²) in [7, 11) is 0. The van der Waals surface area contributed by atoms with Gasteiger partial charge in [-0.3, -0.25) is 0 Å². The van der Waals surface area contributed by atoms with Crippen LogP contribution in [0.25, 0.3) is 0 Å². The zero-order valence-corrected chi connectivity index (χ0v) is 5.38. The van der Waals surface area contributed by atoms with Crippen molar-refractivity contribution in [2.24, 2.45) is 5.16 Å². The van der Waals surface area contributed by atoms with Crippen molar-refractivity contribution in [2.75, 3.05) is 0 Å². The van der Waals surface area contributed by atoms with E-state index in [2.05, 4.69) is 11.2 Å². The Balaban J connectivity index is 3.09. The number of benzene rings is 1. The number of hydrogen-bond donors (Lipinski definition) is 1. The molecule has 1 aromatic rings. The maximum Gasteiger partial charge on any atom is 0.135 e. The minimum atomic E-state index is -0.780. The molecule has 11 heavy (non-hydrogen) atoms. The fraction of sp³-hybridized carbons (Fsp3) is 0. The van der Waals surface area contributed by atoms with Crippen LogP contribution >= 0.6 is 0 Å². The summed E-state index contributed by atoms with van der Waals surface area (Å²) in [5, 5.41) is 10.6. The van der Waals surface area contributed by atoms with Gasteiger partial charge in [-0.15, -0.1) is 0 Å². The highest BCUT2D eigenvalue weighted by Crippen LogP contribution is 2.05. The predicted octanol–water partition coefficient (Wildman–Crippen LogP) is 1.57. The Morgan fingerprint density at radius 1 is 1.55 bits per heavy atom. The molecular formula is C7H4F2NO. The van der Waals surface area contributed by atoms with Crippen molar-refractivity contribution in [3.63, 3.8) is 0 Å². The summed E-state index contributed by atoms with van der Waals surface area (Å²) in [6.45, 7) is 0. The first kappa shape index (κ1) is 7.65. The molecule has 1 N–H and O–H groups in total. The molecule has 0 aliphatic heterocycles. The molecule has 0 unspecified atom stereocenters. The molecule has 0 saturated heterocycles. The lowest BCUT2D eigenvalue weighted by Gasteiger charge is -1.92. The van der Waals surface area contributed by atoms with Crippen LogP contribution < -0.4 is 0 Å². The number of hydrogen-bond acceptors (Lipinski definition) is 2. The summed E-state index contributed by atoms with van der Waals surface area (Å²) in [4.78, 5) is 0. The van der Waals surface area contributed by atoms with Gasteiger partial charge in [-0.25, -0.2) is 8.78 Å². The van der Waals surface area contributed by atoms with Crippen LogP contribution in [0.3, 0.4) is 0 Å². The topological polar surface area (TPSA) is 32.6 Å². The number of nitrogens with zero attached hydrogens (tertiary/aromatic N) is 1. The molecule has 0 bridgehead atoms. The van der Waals surface area contributed by atoms with Crippen LogP contribution in [-0.4, -0.2) is 11.4 Å². The van der Waals surface area contributed by atoms with Crippen LogP contribution in [0.4, 0.5) is 8.78 Å². The number of halogens is 2. The number of rotatable bonds is 1. The van der Waals surface area contributed by atoms with Gasteiger partial charge in [0, 0.05) is 17.7 Å². The van der Waals surface area contributed by atoms with Crippen LogP contribution in [0.1, 0.15) is 5.56 Å². The molecule has 4 heteroatoms. The molecule has 0 spiro atoms. The SMILES string of the molecule is ON=Cc1c[c]c(F)cc1F. The van der Waals surface area contributed by atoms with E-state index in [9.17, 15) is 8.78 Å². The van der Waals surface area contributed by atoms with Crippen molar-refractivity contribution < 1.29 is 14.0 Å². The molecule has 0 saturated carbocycles. The first-order valence-electron chi connectivity index (χ1n) is 2.78. The standard InChI is InChI=1S/C7H4F2NO/c8-6-2-1-5(4-10-11)7(9)3-6/h1,3-4,11H. The molecule has 0 aliphatic rings. The first-order chi connectivity index (χ1) is 5.24. The van der Waals surface area contributed by atoms with Gasteiger partial charge in [0.1, 0.15) is 11.6 Å². The molecule has 0 heterocycles. The second-order valence-electron chi connectivity index (χ2n) is 1.83. The van der Waals surface area contributed by atoms with Gasteiger partial charge in [-0.2, -0.15) is 0 Å². The smallest absolute Gasteiger partial charge is 0.135 e.